The molecule has 3 aromatic rings. The van der Waals surface area contributed by atoms with Gasteiger partial charge in [0, 0.05) is 11.4 Å². The minimum atomic E-state index is 0.618. The molecule has 0 radical (unpaired) electrons. The number of nitrogens with two attached hydrogens (primary N) is 1. The predicted octanol–water partition coefficient (Wildman–Crippen LogP) is 4.54. The van der Waals surface area contributed by atoms with Crippen LogP contribution in [0.1, 0.15) is 4.88 Å². The molecule has 0 fully saturated rings. The average molecular weight is 265 g/mol. The van der Waals surface area contributed by atoms with Crippen molar-refractivity contribution in [1.29, 1.82) is 0 Å². The molecule has 1 nitrogen and oxygen atoms in total. The smallest absolute Gasteiger partial charge is 0.0274 e. The number of hydrogen-bond donors (Lipinski definition) is 1. The van der Waals surface area contributed by atoms with Gasteiger partial charge in [0.25, 0.3) is 0 Å². The highest BCUT2D eigenvalue weighted by Gasteiger charge is 2.02. The van der Waals surface area contributed by atoms with Crippen molar-refractivity contribution in [1.82, 2.24) is 0 Å². The molecule has 0 saturated carbocycles. The lowest BCUT2D eigenvalue weighted by molar-refractivity contribution is 1.11. The minimum absolute atomic E-state index is 0.618. The molecule has 19 heavy (non-hydrogen) atoms. The van der Waals surface area contributed by atoms with Crippen molar-refractivity contribution < 1.29 is 0 Å². The SMILES string of the molecule is NCc1cc(-c2ccc(-c3ccccc3)cc2)cs1. The number of benzene rings is 2. The lowest BCUT2D eigenvalue weighted by Gasteiger charge is -2.03. The van der Waals surface area contributed by atoms with E-state index in [0.29, 0.717) is 6.54 Å². The van der Waals surface area contributed by atoms with Crippen LogP contribution in [0.15, 0.2) is 66.0 Å². The largest absolute Gasteiger partial charge is 0.326 e. The lowest BCUT2D eigenvalue weighted by Crippen LogP contribution is -1.91. The molecule has 0 unspecified atom stereocenters. The number of rotatable bonds is 3. The van der Waals surface area contributed by atoms with Crippen molar-refractivity contribution in [3.8, 4) is 22.3 Å². The highest BCUT2D eigenvalue weighted by Crippen LogP contribution is 2.28. The Balaban J connectivity index is 1.90. The minimum Gasteiger partial charge on any atom is -0.326 e. The first-order valence-corrected chi connectivity index (χ1v) is 7.18. The maximum atomic E-state index is 5.65. The van der Waals surface area contributed by atoms with Gasteiger partial charge in [-0.1, -0.05) is 54.6 Å². The van der Waals surface area contributed by atoms with Crippen molar-refractivity contribution in [2.75, 3.05) is 0 Å². The van der Waals surface area contributed by atoms with Crippen LogP contribution in [-0.4, -0.2) is 0 Å². The van der Waals surface area contributed by atoms with E-state index in [0.717, 1.165) is 0 Å². The van der Waals surface area contributed by atoms with Gasteiger partial charge in [-0.05, 0) is 33.7 Å². The second kappa shape index (κ2) is 5.39. The zero-order chi connectivity index (χ0) is 13.1. The van der Waals surface area contributed by atoms with Gasteiger partial charge in [0.15, 0.2) is 0 Å². The third kappa shape index (κ3) is 2.60. The van der Waals surface area contributed by atoms with E-state index in [1.54, 1.807) is 11.3 Å². The van der Waals surface area contributed by atoms with Gasteiger partial charge in [-0.2, -0.15) is 0 Å². The summed E-state index contributed by atoms with van der Waals surface area (Å²) in [6.45, 7) is 0.618. The van der Waals surface area contributed by atoms with Crippen LogP contribution in [0, 0.1) is 0 Å². The summed E-state index contributed by atoms with van der Waals surface area (Å²) in [6.07, 6.45) is 0. The Labute approximate surface area is 117 Å². The molecule has 1 aromatic heterocycles. The third-order valence-electron chi connectivity index (χ3n) is 3.18. The molecular formula is C17H15NS. The normalized spacial score (nSPS) is 10.6. The van der Waals surface area contributed by atoms with Gasteiger partial charge >= 0.3 is 0 Å². The van der Waals surface area contributed by atoms with E-state index in [1.165, 1.54) is 27.1 Å². The topological polar surface area (TPSA) is 26.0 Å². The quantitative estimate of drug-likeness (QED) is 0.739. The Bertz CT molecular complexity index is 653. The molecule has 0 spiro atoms. The zero-order valence-electron chi connectivity index (χ0n) is 10.5. The fraction of sp³-hybridized carbons (Fsp3) is 0.0588. The van der Waals surface area contributed by atoms with Crippen LogP contribution in [0.5, 0.6) is 0 Å². The summed E-state index contributed by atoms with van der Waals surface area (Å²) in [5.74, 6) is 0. The maximum absolute atomic E-state index is 5.65. The summed E-state index contributed by atoms with van der Waals surface area (Å²) in [6, 6.07) is 21.3. The van der Waals surface area contributed by atoms with Crippen LogP contribution in [0.4, 0.5) is 0 Å². The molecule has 2 aromatic carbocycles. The van der Waals surface area contributed by atoms with Crippen LogP contribution >= 0.6 is 11.3 Å². The van der Waals surface area contributed by atoms with Crippen LogP contribution in [0.25, 0.3) is 22.3 Å². The van der Waals surface area contributed by atoms with Crippen LogP contribution in [-0.2, 0) is 6.54 Å². The summed E-state index contributed by atoms with van der Waals surface area (Å²) >= 11 is 1.72. The van der Waals surface area contributed by atoms with E-state index in [1.807, 2.05) is 6.07 Å². The Kier molecular flexibility index (Phi) is 3.45. The zero-order valence-corrected chi connectivity index (χ0v) is 11.4. The molecule has 0 aliphatic rings. The van der Waals surface area contributed by atoms with E-state index in [9.17, 15) is 0 Å². The second-order valence-electron chi connectivity index (χ2n) is 4.45. The van der Waals surface area contributed by atoms with Crippen molar-refractivity contribution in [3.05, 3.63) is 70.9 Å². The first-order chi connectivity index (χ1) is 9.36. The molecule has 0 aliphatic heterocycles. The molecule has 0 saturated heterocycles. The molecule has 0 aliphatic carbocycles. The highest BCUT2D eigenvalue weighted by atomic mass is 32.1. The Hall–Kier alpha value is -1.90. The third-order valence-corrected chi connectivity index (χ3v) is 4.14. The summed E-state index contributed by atoms with van der Waals surface area (Å²) < 4.78 is 0. The molecule has 94 valence electrons. The van der Waals surface area contributed by atoms with Crippen molar-refractivity contribution >= 4 is 11.3 Å². The summed E-state index contributed by atoms with van der Waals surface area (Å²) in [4.78, 5) is 1.22. The van der Waals surface area contributed by atoms with Gasteiger partial charge in [-0.3, -0.25) is 0 Å². The van der Waals surface area contributed by atoms with Crippen molar-refractivity contribution in [2.24, 2.45) is 5.73 Å². The van der Waals surface area contributed by atoms with E-state index in [2.05, 4.69) is 60.0 Å². The first-order valence-electron chi connectivity index (χ1n) is 6.30. The van der Waals surface area contributed by atoms with E-state index >= 15 is 0 Å². The summed E-state index contributed by atoms with van der Waals surface area (Å²) in [7, 11) is 0. The number of thiophene rings is 1. The molecule has 0 bridgehead atoms. The summed E-state index contributed by atoms with van der Waals surface area (Å²) in [5, 5.41) is 2.17. The molecule has 0 amide bonds. The Morgan fingerprint density at radius 2 is 1.32 bits per heavy atom. The van der Waals surface area contributed by atoms with Gasteiger partial charge in [-0.15, -0.1) is 11.3 Å². The van der Waals surface area contributed by atoms with Gasteiger partial charge in [0.05, 0.1) is 0 Å². The molecule has 2 N–H and O–H groups in total. The molecular weight excluding hydrogens is 250 g/mol. The molecule has 3 rings (SSSR count). The van der Waals surface area contributed by atoms with E-state index in [4.69, 9.17) is 5.73 Å². The predicted molar refractivity (Wildman–Crippen MR) is 83.1 cm³/mol. The Morgan fingerprint density at radius 1 is 0.737 bits per heavy atom. The monoisotopic (exact) mass is 265 g/mol. The summed E-state index contributed by atoms with van der Waals surface area (Å²) in [5.41, 5.74) is 10.7. The van der Waals surface area contributed by atoms with Crippen molar-refractivity contribution in [3.63, 3.8) is 0 Å². The lowest BCUT2D eigenvalue weighted by atomic mass is 10.0. The average Bonchev–Trinajstić information content (AvgIpc) is 2.97. The van der Waals surface area contributed by atoms with Gasteiger partial charge in [0.2, 0.25) is 0 Å². The Morgan fingerprint density at radius 3 is 1.89 bits per heavy atom. The fourth-order valence-electron chi connectivity index (χ4n) is 2.12. The van der Waals surface area contributed by atoms with Crippen LogP contribution in [0.3, 0.4) is 0 Å². The standard InChI is InChI=1S/C17H15NS/c18-11-17-10-16(12-19-17)15-8-6-14(7-9-15)13-4-2-1-3-5-13/h1-10,12H,11,18H2. The van der Waals surface area contributed by atoms with E-state index < -0.39 is 0 Å². The second-order valence-corrected chi connectivity index (χ2v) is 5.44. The fourth-order valence-corrected chi connectivity index (χ4v) is 2.90. The molecule has 0 atom stereocenters. The van der Waals surface area contributed by atoms with Gasteiger partial charge < -0.3 is 5.73 Å². The maximum Gasteiger partial charge on any atom is 0.0274 e. The highest BCUT2D eigenvalue weighted by molar-refractivity contribution is 7.10. The van der Waals surface area contributed by atoms with Gasteiger partial charge in [-0.25, -0.2) is 0 Å². The van der Waals surface area contributed by atoms with E-state index in [-0.39, 0.29) is 0 Å². The molecule has 2 heteroatoms. The first kappa shape index (κ1) is 12.2. The molecule has 1 heterocycles. The number of hydrogen-bond acceptors (Lipinski definition) is 2. The van der Waals surface area contributed by atoms with Crippen LogP contribution in [0.2, 0.25) is 0 Å². The van der Waals surface area contributed by atoms with Crippen molar-refractivity contribution in [2.45, 2.75) is 6.54 Å². The van der Waals surface area contributed by atoms with Crippen LogP contribution < -0.4 is 5.73 Å². The van der Waals surface area contributed by atoms with Gasteiger partial charge in [0.1, 0.15) is 0 Å².